The van der Waals surface area contributed by atoms with E-state index in [2.05, 4.69) is 5.32 Å². The molecule has 1 fully saturated rings. The van der Waals surface area contributed by atoms with Crippen LogP contribution in [0.25, 0.3) is 0 Å². The molecule has 0 atom stereocenters. The standard InChI is InChI=1S/C14H16ClNO4/c1-20-11-4-3-9(7-10(11)15)16-12(17)8-14(13(18)19)5-2-6-14/h3-4,7H,2,5-6,8H2,1H3,(H,16,17)(H,18,19). The van der Waals surface area contributed by atoms with E-state index in [1.165, 1.54) is 7.11 Å². The van der Waals surface area contributed by atoms with Crippen molar-refractivity contribution in [2.45, 2.75) is 25.7 Å². The van der Waals surface area contributed by atoms with Crippen LogP contribution in [-0.4, -0.2) is 24.1 Å². The molecule has 1 amide bonds. The predicted octanol–water partition coefficient (Wildman–Crippen LogP) is 2.93. The Bertz CT molecular complexity index is 540. The minimum absolute atomic E-state index is 0.00795. The van der Waals surface area contributed by atoms with Gasteiger partial charge in [0, 0.05) is 12.1 Å². The maximum Gasteiger partial charge on any atom is 0.310 e. The van der Waals surface area contributed by atoms with Crippen molar-refractivity contribution >= 4 is 29.2 Å². The van der Waals surface area contributed by atoms with E-state index in [4.69, 9.17) is 16.3 Å². The molecule has 0 saturated heterocycles. The first-order valence-electron chi connectivity index (χ1n) is 6.34. The summed E-state index contributed by atoms with van der Waals surface area (Å²) < 4.78 is 5.02. The van der Waals surface area contributed by atoms with Crippen LogP contribution in [0.3, 0.4) is 0 Å². The summed E-state index contributed by atoms with van der Waals surface area (Å²) in [5.41, 5.74) is -0.360. The van der Waals surface area contributed by atoms with Crippen molar-refractivity contribution in [2.75, 3.05) is 12.4 Å². The molecule has 1 aliphatic rings. The SMILES string of the molecule is COc1ccc(NC(=O)CC2(C(=O)O)CCC2)cc1Cl. The van der Waals surface area contributed by atoms with E-state index in [1.54, 1.807) is 18.2 Å². The van der Waals surface area contributed by atoms with Gasteiger partial charge in [-0.25, -0.2) is 0 Å². The van der Waals surface area contributed by atoms with Gasteiger partial charge in [0.15, 0.2) is 0 Å². The fraction of sp³-hybridized carbons (Fsp3) is 0.429. The highest BCUT2D eigenvalue weighted by atomic mass is 35.5. The van der Waals surface area contributed by atoms with Crippen LogP contribution in [0.15, 0.2) is 18.2 Å². The first-order chi connectivity index (χ1) is 9.47. The summed E-state index contributed by atoms with van der Waals surface area (Å²) >= 11 is 5.96. The van der Waals surface area contributed by atoms with Crippen LogP contribution in [0, 0.1) is 5.41 Å². The molecular formula is C14H16ClNO4. The highest BCUT2D eigenvalue weighted by Crippen LogP contribution is 2.44. The average Bonchev–Trinajstić information content (AvgIpc) is 2.33. The minimum Gasteiger partial charge on any atom is -0.495 e. The van der Waals surface area contributed by atoms with Crippen LogP contribution < -0.4 is 10.1 Å². The lowest BCUT2D eigenvalue weighted by molar-refractivity contribution is -0.157. The maximum absolute atomic E-state index is 11.9. The molecule has 0 unspecified atom stereocenters. The lowest BCUT2D eigenvalue weighted by Gasteiger charge is -2.36. The molecule has 1 aliphatic carbocycles. The molecule has 0 aromatic heterocycles. The Morgan fingerprint density at radius 2 is 2.15 bits per heavy atom. The number of rotatable bonds is 5. The van der Waals surface area contributed by atoms with Crippen molar-refractivity contribution in [3.8, 4) is 5.75 Å². The van der Waals surface area contributed by atoms with Gasteiger partial charge < -0.3 is 15.2 Å². The van der Waals surface area contributed by atoms with Gasteiger partial charge in [0.1, 0.15) is 5.75 Å². The largest absolute Gasteiger partial charge is 0.495 e. The second-order valence-electron chi connectivity index (χ2n) is 5.01. The number of hydrogen-bond donors (Lipinski definition) is 2. The van der Waals surface area contributed by atoms with Gasteiger partial charge >= 0.3 is 5.97 Å². The number of nitrogens with one attached hydrogen (secondary N) is 1. The number of anilines is 1. The third kappa shape index (κ3) is 2.88. The molecule has 20 heavy (non-hydrogen) atoms. The number of carboxylic acids is 1. The summed E-state index contributed by atoms with van der Waals surface area (Å²) in [6.45, 7) is 0. The van der Waals surface area contributed by atoms with Gasteiger partial charge in [-0.2, -0.15) is 0 Å². The molecule has 0 aliphatic heterocycles. The van der Waals surface area contributed by atoms with Crippen LogP contribution in [0.1, 0.15) is 25.7 Å². The molecule has 0 bridgehead atoms. The van der Waals surface area contributed by atoms with E-state index in [-0.39, 0.29) is 12.3 Å². The first-order valence-corrected chi connectivity index (χ1v) is 6.71. The van der Waals surface area contributed by atoms with Gasteiger partial charge in [-0.05, 0) is 31.0 Å². The maximum atomic E-state index is 11.9. The molecule has 6 heteroatoms. The van der Waals surface area contributed by atoms with Gasteiger partial charge in [0.25, 0.3) is 0 Å². The van der Waals surface area contributed by atoms with Crippen LogP contribution in [-0.2, 0) is 9.59 Å². The van der Waals surface area contributed by atoms with E-state index >= 15 is 0 Å². The number of halogens is 1. The number of methoxy groups -OCH3 is 1. The fourth-order valence-corrected chi connectivity index (χ4v) is 2.58. The minimum atomic E-state index is -0.897. The number of amides is 1. The summed E-state index contributed by atoms with van der Waals surface area (Å²) in [7, 11) is 1.51. The molecule has 5 nitrogen and oxygen atoms in total. The van der Waals surface area contributed by atoms with Gasteiger partial charge in [0.05, 0.1) is 17.5 Å². The molecule has 1 aromatic rings. The van der Waals surface area contributed by atoms with Crippen molar-refractivity contribution in [1.29, 1.82) is 0 Å². The number of carbonyl (C=O) groups excluding carboxylic acids is 1. The van der Waals surface area contributed by atoms with Gasteiger partial charge in [-0.15, -0.1) is 0 Å². The number of ether oxygens (including phenoxy) is 1. The number of carbonyl (C=O) groups is 2. The third-order valence-electron chi connectivity index (χ3n) is 3.70. The van der Waals surface area contributed by atoms with E-state index in [0.717, 1.165) is 6.42 Å². The first kappa shape index (κ1) is 14.7. The number of benzene rings is 1. The van der Waals surface area contributed by atoms with Crippen molar-refractivity contribution in [1.82, 2.24) is 0 Å². The van der Waals surface area contributed by atoms with Crippen molar-refractivity contribution in [3.63, 3.8) is 0 Å². The lowest BCUT2D eigenvalue weighted by atomic mass is 9.66. The third-order valence-corrected chi connectivity index (χ3v) is 3.99. The summed E-state index contributed by atoms with van der Waals surface area (Å²) in [4.78, 5) is 23.2. The van der Waals surface area contributed by atoms with Crippen molar-refractivity contribution in [3.05, 3.63) is 23.2 Å². The summed E-state index contributed by atoms with van der Waals surface area (Å²) in [5, 5.41) is 12.3. The van der Waals surface area contributed by atoms with E-state index in [9.17, 15) is 14.7 Å². The molecule has 1 aromatic carbocycles. The Balaban J connectivity index is 2.01. The van der Waals surface area contributed by atoms with Crippen LogP contribution >= 0.6 is 11.6 Å². The lowest BCUT2D eigenvalue weighted by Crippen LogP contribution is -2.41. The Labute approximate surface area is 121 Å². The van der Waals surface area contributed by atoms with Crippen LogP contribution in [0.4, 0.5) is 5.69 Å². The predicted molar refractivity (Wildman–Crippen MR) is 75.2 cm³/mol. The molecule has 0 radical (unpaired) electrons. The Hall–Kier alpha value is -1.75. The quantitative estimate of drug-likeness (QED) is 0.876. The Morgan fingerprint density at radius 3 is 2.60 bits per heavy atom. The van der Waals surface area contributed by atoms with Gasteiger partial charge in [-0.1, -0.05) is 18.0 Å². The zero-order valence-electron chi connectivity index (χ0n) is 11.1. The molecule has 0 spiro atoms. The molecule has 0 heterocycles. The smallest absolute Gasteiger partial charge is 0.310 e. The van der Waals surface area contributed by atoms with Crippen LogP contribution in [0.2, 0.25) is 5.02 Å². The second-order valence-corrected chi connectivity index (χ2v) is 5.42. The molecular weight excluding hydrogens is 282 g/mol. The summed E-state index contributed by atoms with van der Waals surface area (Å²) in [5.74, 6) is -0.689. The Kier molecular flexibility index (Phi) is 4.18. The van der Waals surface area contributed by atoms with Crippen molar-refractivity contribution < 1.29 is 19.4 Å². The average molecular weight is 298 g/mol. The number of carboxylic acid groups (broad SMARTS) is 1. The number of aliphatic carboxylic acids is 1. The molecule has 2 rings (SSSR count). The second kappa shape index (κ2) is 5.71. The fourth-order valence-electron chi connectivity index (χ4n) is 2.33. The molecule has 108 valence electrons. The highest BCUT2D eigenvalue weighted by Gasteiger charge is 2.45. The normalized spacial score (nSPS) is 16.1. The van der Waals surface area contributed by atoms with Gasteiger partial charge in [0.2, 0.25) is 5.91 Å². The van der Waals surface area contributed by atoms with E-state index in [0.29, 0.717) is 29.3 Å². The van der Waals surface area contributed by atoms with E-state index in [1.807, 2.05) is 0 Å². The monoisotopic (exact) mass is 297 g/mol. The van der Waals surface area contributed by atoms with E-state index < -0.39 is 11.4 Å². The van der Waals surface area contributed by atoms with Gasteiger partial charge in [-0.3, -0.25) is 9.59 Å². The summed E-state index contributed by atoms with van der Waals surface area (Å²) in [6.07, 6.45) is 1.96. The zero-order valence-corrected chi connectivity index (χ0v) is 11.9. The highest BCUT2D eigenvalue weighted by molar-refractivity contribution is 6.32. The van der Waals surface area contributed by atoms with Crippen molar-refractivity contribution in [2.24, 2.45) is 5.41 Å². The zero-order chi connectivity index (χ0) is 14.8. The molecule has 1 saturated carbocycles. The van der Waals surface area contributed by atoms with Crippen LogP contribution in [0.5, 0.6) is 5.75 Å². The topological polar surface area (TPSA) is 75.6 Å². The number of hydrogen-bond acceptors (Lipinski definition) is 3. The molecule has 2 N–H and O–H groups in total. The summed E-state index contributed by atoms with van der Waals surface area (Å²) in [6, 6.07) is 4.89. The Morgan fingerprint density at radius 1 is 1.45 bits per heavy atom.